The highest BCUT2D eigenvalue weighted by Crippen LogP contribution is 2.24. The average Bonchev–Trinajstić information content (AvgIpc) is 2.67. The summed E-state index contributed by atoms with van der Waals surface area (Å²) in [4.78, 5) is 38.5. The van der Waals surface area contributed by atoms with E-state index in [1.165, 1.54) is 14.0 Å². The van der Waals surface area contributed by atoms with Crippen molar-refractivity contribution < 1.29 is 28.6 Å². The van der Waals surface area contributed by atoms with Crippen LogP contribution < -0.4 is 10.1 Å². The molecule has 0 radical (unpaired) electrons. The van der Waals surface area contributed by atoms with Gasteiger partial charge in [0.2, 0.25) is 0 Å². The largest absolute Gasteiger partial charge is 0.495 e. The summed E-state index contributed by atoms with van der Waals surface area (Å²) in [5, 5.41) is 2.70. The summed E-state index contributed by atoms with van der Waals surface area (Å²) in [5.41, 5.74) is -0.0505. The number of piperidine rings is 1. The maximum Gasteiger partial charge on any atom is 0.410 e. The number of hydrogen-bond acceptors (Lipinski definition) is 6. The van der Waals surface area contributed by atoms with Crippen molar-refractivity contribution in [1.29, 1.82) is 0 Å². The number of anilines is 1. The van der Waals surface area contributed by atoms with Gasteiger partial charge in [-0.25, -0.2) is 4.79 Å². The zero-order valence-electron chi connectivity index (χ0n) is 17.7. The van der Waals surface area contributed by atoms with Gasteiger partial charge in [0.05, 0.1) is 18.7 Å². The summed E-state index contributed by atoms with van der Waals surface area (Å²) in [6, 6.07) is 7.00. The summed E-state index contributed by atoms with van der Waals surface area (Å²) in [7, 11) is 1.51. The molecule has 0 spiro atoms. The number of benzene rings is 1. The second-order valence-corrected chi connectivity index (χ2v) is 8.01. The van der Waals surface area contributed by atoms with Crippen LogP contribution in [0.5, 0.6) is 5.75 Å². The van der Waals surface area contributed by atoms with Gasteiger partial charge in [-0.2, -0.15) is 0 Å². The standard InChI is InChI=1S/C21H30N2O6/c1-14(18(24)22-16-8-6-7-9-17(16)27-5)28-19(25)15-10-12-23(13-11-15)20(26)29-21(2,3)4/h6-9,14-15H,10-13H2,1-5H3,(H,22,24)/t14-/m1/s1. The van der Waals surface area contributed by atoms with E-state index in [1.807, 2.05) is 20.8 Å². The number of nitrogens with zero attached hydrogens (tertiary/aromatic N) is 1. The summed E-state index contributed by atoms with van der Waals surface area (Å²) in [6.07, 6.45) is -0.386. The molecule has 1 N–H and O–H groups in total. The molecule has 1 saturated heterocycles. The molecule has 8 nitrogen and oxygen atoms in total. The minimum absolute atomic E-state index is 0.352. The number of esters is 1. The number of methoxy groups -OCH3 is 1. The minimum Gasteiger partial charge on any atom is -0.495 e. The molecule has 0 saturated carbocycles. The molecule has 1 aromatic rings. The average molecular weight is 406 g/mol. The quantitative estimate of drug-likeness (QED) is 0.755. The lowest BCUT2D eigenvalue weighted by molar-refractivity contribution is -0.158. The predicted octanol–water partition coefficient (Wildman–Crippen LogP) is 3.21. The molecule has 2 rings (SSSR count). The number of ether oxygens (including phenoxy) is 3. The van der Waals surface area contributed by atoms with Gasteiger partial charge in [-0.15, -0.1) is 0 Å². The van der Waals surface area contributed by atoms with Crippen LogP contribution in [-0.2, 0) is 19.1 Å². The molecule has 0 aromatic heterocycles. The highest BCUT2D eigenvalue weighted by Gasteiger charge is 2.32. The van der Waals surface area contributed by atoms with E-state index >= 15 is 0 Å². The Morgan fingerprint density at radius 3 is 2.34 bits per heavy atom. The van der Waals surface area contributed by atoms with Gasteiger partial charge in [-0.1, -0.05) is 12.1 Å². The van der Waals surface area contributed by atoms with Crippen molar-refractivity contribution in [3.63, 3.8) is 0 Å². The molecule has 0 unspecified atom stereocenters. The lowest BCUT2D eigenvalue weighted by atomic mass is 9.97. The lowest BCUT2D eigenvalue weighted by Gasteiger charge is -2.32. The van der Waals surface area contributed by atoms with E-state index in [4.69, 9.17) is 14.2 Å². The highest BCUT2D eigenvalue weighted by molar-refractivity contribution is 5.96. The molecule has 1 heterocycles. The first kappa shape index (κ1) is 22.5. The van der Waals surface area contributed by atoms with E-state index in [-0.39, 0.29) is 12.0 Å². The number of carbonyl (C=O) groups is 3. The first-order valence-corrected chi connectivity index (χ1v) is 9.73. The smallest absolute Gasteiger partial charge is 0.410 e. The Kier molecular flexibility index (Phi) is 7.47. The molecule has 0 aliphatic carbocycles. The lowest BCUT2D eigenvalue weighted by Crippen LogP contribution is -2.43. The molecule has 2 amide bonds. The van der Waals surface area contributed by atoms with Crippen LogP contribution in [0, 0.1) is 5.92 Å². The van der Waals surface area contributed by atoms with E-state index in [0.717, 1.165) is 0 Å². The zero-order valence-corrected chi connectivity index (χ0v) is 17.7. The van der Waals surface area contributed by atoms with E-state index in [2.05, 4.69) is 5.32 Å². The van der Waals surface area contributed by atoms with Crippen molar-refractivity contribution >= 4 is 23.7 Å². The molecule has 1 fully saturated rings. The molecule has 0 bridgehead atoms. The summed E-state index contributed by atoms with van der Waals surface area (Å²) >= 11 is 0. The van der Waals surface area contributed by atoms with Crippen molar-refractivity contribution in [3.05, 3.63) is 24.3 Å². The SMILES string of the molecule is COc1ccccc1NC(=O)[C@@H](C)OC(=O)C1CCN(C(=O)OC(C)(C)C)CC1. The first-order chi connectivity index (χ1) is 13.6. The zero-order chi connectivity index (χ0) is 21.6. The summed E-state index contributed by atoms with van der Waals surface area (Å²) < 4.78 is 15.9. The van der Waals surface area contributed by atoms with Crippen molar-refractivity contribution in [3.8, 4) is 5.75 Å². The Morgan fingerprint density at radius 1 is 1.14 bits per heavy atom. The van der Waals surface area contributed by atoms with Gasteiger partial charge in [0.15, 0.2) is 6.10 Å². The summed E-state index contributed by atoms with van der Waals surface area (Å²) in [6.45, 7) is 7.79. The van der Waals surface area contributed by atoms with E-state index < -0.39 is 23.6 Å². The number of amides is 2. The third kappa shape index (κ3) is 6.66. The Bertz CT molecular complexity index is 735. The van der Waals surface area contributed by atoms with Crippen LogP contribution in [0.15, 0.2) is 24.3 Å². The van der Waals surface area contributed by atoms with E-state index in [0.29, 0.717) is 37.4 Å². The van der Waals surface area contributed by atoms with Crippen LogP contribution in [0.25, 0.3) is 0 Å². The van der Waals surface area contributed by atoms with Crippen molar-refractivity contribution in [1.82, 2.24) is 4.90 Å². The Hall–Kier alpha value is -2.77. The van der Waals surface area contributed by atoms with Crippen LogP contribution in [0.4, 0.5) is 10.5 Å². The van der Waals surface area contributed by atoms with E-state index in [9.17, 15) is 14.4 Å². The normalized spacial score (nSPS) is 16.0. The third-order valence-corrected chi connectivity index (χ3v) is 4.51. The maximum atomic E-state index is 12.4. The molecule has 29 heavy (non-hydrogen) atoms. The predicted molar refractivity (Wildman–Crippen MR) is 108 cm³/mol. The van der Waals surface area contributed by atoms with Crippen LogP contribution in [-0.4, -0.2) is 54.8 Å². The fourth-order valence-electron chi connectivity index (χ4n) is 2.93. The van der Waals surface area contributed by atoms with Gasteiger partial charge < -0.3 is 24.4 Å². The number of para-hydroxylation sites is 2. The molecule has 1 aromatic carbocycles. The van der Waals surface area contributed by atoms with Gasteiger partial charge in [0, 0.05) is 13.1 Å². The maximum absolute atomic E-state index is 12.4. The molecule has 1 atom stereocenters. The number of nitrogens with one attached hydrogen (secondary N) is 1. The molecule has 1 aliphatic rings. The highest BCUT2D eigenvalue weighted by atomic mass is 16.6. The number of rotatable bonds is 5. The van der Waals surface area contributed by atoms with Gasteiger partial charge in [0.1, 0.15) is 11.4 Å². The molecular formula is C21H30N2O6. The number of hydrogen-bond donors (Lipinski definition) is 1. The van der Waals surface area contributed by atoms with Crippen LogP contribution in [0.1, 0.15) is 40.5 Å². The van der Waals surface area contributed by atoms with E-state index in [1.54, 1.807) is 29.2 Å². The van der Waals surface area contributed by atoms with Gasteiger partial charge in [0.25, 0.3) is 5.91 Å². The van der Waals surface area contributed by atoms with Crippen molar-refractivity contribution in [2.24, 2.45) is 5.92 Å². The molecule has 160 valence electrons. The minimum atomic E-state index is -0.948. The summed E-state index contributed by atoms with van der Waals surface area (Å²) in [5.74, 6) is -0.699. The Morgan fingerprint density at radius 2 is 1.76 bits per heavy atom. The van der Waals surface area contributed by atoms with Gasteiger partial charge >= 0.3 is 12.1 Å². The van der Waals surface area contributed by atoms with Gasteiger partial charge in [-0.3, -0.25) is 9.59 Å². The van der Waals surface area contributed by atoms with Gasteiger partial charge in [-0.05, 0) is 52.7 Å². The fraction of sp³-hybridized carbons (Fsp3) is 0.571. The fourth-order valence-corrected chi connectivity index (χ4v) is 2.93. The molecule has 1 aliphatic heterocycles. The second-order valence-electron chi connectivity index (χ2n) is 8.01. The monoisotopic (exact) mass is 406 g/mol. The van der Waals surface area contributed by atoms with Crippen LogP contribution in [0.3, 0.4) is 0 Å². The first-order valence-electron chi connectivity index (χ1n) is 9.73. The number of carbonyl (C=O) groups excluding carboxylic acids is 3. The Balaban J connectivity index is 1.83. The van der Waals surface area contributed by atoms with Crippen molar-refractivity contribution in [2.45, 2.75) is 52.2 Å². The van der Waals surface area contributed by atoms with Crippen LogP contribution >= 0.6 is 0 Å². The Labute approximate surface area is 171 Å². The van der Waals surface area contributed by atoms with Crippen LogP contribution in [0.2, 0.25) is 0 Å². The number of likely N-dealkylation sites (tertiary alicyclic amines) is 1. The molecule has 8 heteroatoms. The molecular weight excluding hydrogens is 376 g/mol. The second kappa shape index (κ2) is 9.62. The third-order valence-electron chi connectivity index (χ3n) is 4.51. The topological polar surface area (TPSA) is 94.2 Å². The van der Waals surface area contributed by atoms with Crippen molar-refractivity contribution in [2.75, 3.05) is 25.5 Å².